The monoisotopic (exact) mass is 349 g/mol. The maximum absolute atomic E-state index is 12.2. The Hall–Kier alpha value is -1.59. The summed E-state index contributed by atoms with van der Waals surface area (Å²) < 4.78 is 0. The van der Waals surface area contributed by atoms with Gasteiger partial charge in [0.2, 0.25) is 17.7 Å². The lowest BCUT2D eigenvalue weighted by atomic mass is 9.38. The molecule has 4 rings (SSSR count). The maximum atomic E-state index is 12.2. The minimum Gasteiger partial charge on any atom is -0.359 e. The maximum Gasteiger partial charge on any atom is 0.220 e. The molecule has 0 heterocycles. The molecule has 0 aromatic heterocycles. The molecule has 0 saturated heterocycles. The molecule has 4 aliphatic carbocycles. The fourth-order valence-electron chi connectivity index (χ4n) is 6.94. The molecule has 4 aliphatic rings. The zero-order valence-electron chi connectivity index (χ0n) is 15.7. The summed E-state index contributed by atoms with van der Waals surface area (Å²) in [5, 5.41) is 8.31. The van der Waals surface area contributed by atoms with Crippen molar-refractivity contribution in [1.82, 2.24) is 16.0 Å². The topological polar surface area (TPSA) is 87.3 Å². The molecule has 0 aromatic rings. The van der Waals surface area contributed by atoms with Crippen LogP contribution in [0, 0.1) is 22.2 Å². The first-order valence-electron chi connectivity index (χ1n) is 9.39. The Kier molecular flexibility index (Phi) is 4.58. The van der Waals surface area contributed by atoms with Crippen LogP contribution in [0.1, 0.15) is 57.8 Å². The summed E-state index contributed by atoms with van der Waals surface area (Å²) in [6.07, 6.45) is 7.55. The molecule has 3 amide bonds. The molecule has 0 aromatic carbocycles. The van der Waals surface area contributed by atoms with Crippen LogP contribution in [0.3, 0.4) is 0 Å². The van der Waals surface area contributed by atoms with Crippen molar-refractivity contribution >= 4 is 17.7 Å². The molecule has 6 heteroatoms. The molecule has 0 atom stereocenters. The third kappa shape index (κ3) is 3.40. The van der Waals surface area contributed by atoms with Crippen molar-refractivity contribution in [1.29, 1.82) is 0 Å². The minimum atomic E-state index is -0.0540. The van der Waals surface area contributed by atoms with Crippen molar-refractivity contribution in [2.75, 3.05) is 21.1 Å². The van der Waals surface area contributed by atoms with E-state index in [9.17, 15) is 14.4 Å². The Labute approximate surface area is 149 Å². The third-order valence-corrected chi connectivity index (χ3v) is 6.86. The third-order valence-electron chi connectivity index (χ3n) is 6.86. The van der Waals surface area contributed by atoms with E-state index in [1.165, 1.54) is 0 Å². The Morgan fingerprint density at radius 1 is 0.680 bits per heavy atom. The summed E-state index contributed by atoms with van der Waals surface area (Å²) in [5.74, 6) is 0.752. The SMILES string of the molecule is CNC(=O)CC12CC3CC(CC(=O)NC)(C1)CC(CC(=O)NC)(C3)C2. The second kappa shape index (κ2) is 6.29. The number of hydrogen-bond acceptors (Lipinski definition) is 3. The predicted molar refractivity (Wildman–Crippen MR) is 94.5 cm³/mol. The zero-order valence-corrected chi connectivity index (χ0v) is 15.7. The van der Waals surface area contributed by atoms with Gasteiger partial charge in [0, 0.05) is 40.4 Å². The van der Waals surface area contributed by atoms with Crippen LogP contribution in [0.25, 0.3) is 0 Å². The molecule has 4 fully saturated rings. The first-order valence-corrected chi connectivity index (χ1v) is 9.39. The highest BCUT2D eigenvalue weighted by molar-refractivity contribution is 5.78. The van der Waals surface area contributed by atoms with Crippen LogP contribution < -0.4 is 16.0 Å². The second-order valence-corrected chi connectivity index (χ2v) is 9.06. The standard InChI is InChI=1S/C19H31N3O3/c1-20-14(23)7-17-4-13-5-18(10-17,8-15(24)21-2)12-19(6-13,11-17)9-16(25)22-3/h13H,4-12H2,1-3H3,(H,20,23)(H,21,24)(H,22,25). The van der Waals surface area contributed by atoms with Gasteiger partial charge in [0.25, 0.3) is 0 Å². The van der Waals surface area contributed by atoms with Gasteiger partial charge in [-0.25, -0.2) is 0 Å². The molecule has 4 bridgehead atoms. The molecule has 6 nitrogen and oxygen atoms in total. The van der Waals surface area contributed by atoms with Crippen molar-refractivity contribution < 1.29 is 14.4 Å². The minimum absolute atomic E-state index is 0.0540. The smallest absolute Gasteiger partial charge is 0.220 e. The Morgan fingerprint density at radius 2 is 0.960 bits per heavy atom. The Morgan fingerprint density at radius 3 is 1.20 bits per heavy atom. The van der Waals surface area contributed by atoms with E-state index in [0.717, 1.165) is 38.5 Å². The average Bonchev–Trinajstić information content (AvgIpc) is 2.51. The lowest BCUT2D eigenvalue weighted by Gasteiger charge is -2.66. The Bertz CT molecular complexity index is 500. The van der Waals surface area contributed by atoms with Crippen molar-refractivity contribution in [3.63, 3.8) is 0 Å². The largest absolute Gasteiger partial charge is 0.359 e. The van der Waals surface area contributed by atoms with Crippen LogP contribution in [0.5, 0.6) is 0 Å². The van der Waals surface area contributed by atoms with Crippen molar-refractivity contribution in [3.05, 3.63) is 0 Å². The zero-order chi connectivity index (χ0) is 18.3. The number of nitrogens with one attached hydrogen (secondary N) is 3. The van der Waals surface area contributed by atoms with Gasteiger partial charge in [-0.05, 0) is 60.7 Å². The van der Waals surface area contributed by atoms with Gasteiger partial charge >= 0.3 is 0 Å². The highest BCUT2D eigenvalue weighted by Crippen LogP contribution is 2.72. The van der Waals surface area contributed by atoms with Crippen LogP contribution in [-0.2, 0) is 14.4 Å². The van der Waals surface area contributed by atoms with Gasteiger partial charge < -0.3 is 16.0 Å². The molecular weight excluding hydrogens is 318 g/mol. The summed E-state index contributed by atoms with van der Waals surface area (Å²) in [4.78, 5) is 36.6. The summed E-state index contributed by atoms with van der Waals surface area (Å²) in [6.45, 7) is 0. The van der Waals surface area contributed by atoms with Crippen LogP contribution in [0.15, 0.2) is 0 Å². The van der Waals surface area contributed by atoms with E-state index in [-0.39, 0.29) is 34.0 Å². The van der Waals surface area contributed by atoms with Crippen LogP contribution in [-0.4, -0.2) is 38.9 Å². The van der Waals surface area contributed by atoms with Crippen molar-refractivity contribution in [2.45, 2.75) is 57.8 Å². The molecule has 3 N–H and O–H groups in total. The number of carbonyl (C=O) groups is 3. The first-order chi connectivity index (χ1) is 11.8. The van der Waals surface area contributed by atoms with E-state index in [1.54, 1.807) is 21.1 Å². The van der Waals surface area contributed by atoms with Crippen LogP contribution in [0.4, 0.5) is 0 Å². The Balaban J connectivity index is 1.93. The van der Waals surface area contributed by atoms with Gasteiger partial charge in [-0.2, -0.15) is 0 Å². The van der Waals surface area contributed by atoms with Gasteiger partial charge in [-0.1, -0.05) is 0 Å². The first kappa shape index (κ1) is 18.2. The fraction of sp³-hybridized carbons (Fsp3) is 0.842. The van der Waals surface area contributed by atoms with Crippen LogP contribution >= 0.6 is 0 Å². The normalized spacial score (nSPS) is 38.3. The summed E-state index contributed by atoms with van der Waals surface area (Å²) in [5.41, 5.74) is -0.162. The van der Waals surface area contributed by atoms with Crippen LogP contribution in [0.2, 0.25) is 0 Å². The number of carbonyl (C=O) groups excluding carboxylic acids is 3. The fourth-order valence-corrected chi connectivity index (χ4v) is 6.94. The van der Waals surface area contributed by atoms with E-state index in [4.69, 9.17) is 0 Å². The molecule has 0 unspecified atom stereocenters. The van der Waals surface area contributed by atoms with E-state index in [2.05, 4.69) is 16.0 Å². The van der Waals surface area contributed by atoms with Gasteiger partial charge in [-0.3, -0.25) is 14.4 Å². The molecular formula is C19H31N3O3. The highest BCUT2D eigenvalue weighted by atomic mass is 16.2. The highest BCUT2D eigenvalue weighted by Gasteiger charge is 2.63. The summed E-state index contributed by atoms with van der Waals surface area (Å²) >= 11 is 0. The lowest BCUT2D eigenvalue weighted by molar-refractivity contribution is -0.175. The summed E-state index contributed by atoms with van der Waals surface area (Å²) in [6, 6.07) is 0. The quantitative estimate of drug-likeness (QED) is 0.676. The van der Waals surface area contributed by atoms with Gasteiger partial charge in [0.05, 0.1) is 0 Å². The predicted octanol–water partition coefficient (Wildman–Crippen LogP) is 1.35. The lowest BCUT2D eigenvalue weighted by Crippen LogP contribution is -2.59. The molecule has 0 radical (unpaired) electrons. The van der Waals surface area contributed by atoms with E-state index >= 15 is 0 Å². The van der Waals surface area contributed by atoms with E-state index in [0.29, 0.717) is 25.2 Å². The molecule has 0 spiro atoms. The van der Waals surface area contributed by atoms with E-state index < -0.39 is 0 Å². The molecule has 25 heavy (non-hydrogen) atoms. The molecule has 140 valence electrons. The van der Waals surface area contributed by atoms with Gasteiger partial charge in [0.1, 0.15) is 0 Å². The van der Waals surface area contributed by atoms with Crippen molar-refractivity contribution in [3.8, 4) is 0 Å². The molecule has 0 aliphatic heterocycles. The number of hydrogen-bond donors (Lipinski definition) is 3. The van der Waals surface area contributed by atoms with Gasteiger partial charge in [0.15, 0.2) is 0 Å². The summed E-state index contributed by atoms with van der Waals surface area (Å²) in [7, 11) is 5.05. The molecule has 4 saturated carbocycles. The number of amides is 3. The van der Waals surface area contributed by atoms with Gasteiger partial charge in [-0.15, -0.1) is 0 Å². The second-order valence-electron chi connectivity index (χ2n) is 9.06. The van der Waals surface area contributed by atoms with E-state index in [1.807, 2.05) is 0 Å². The number of rotatable bonds is 6. The average molecular weight is 349 g/mol. The van der Waals surface area contributed by atoms with Crippen molar-refractivity contribution in [2.24, 2.45) is 22.2 Å².